The SMILES string of the molecule is CCCN(CCC)CCCc1c(N)ccc(C(=O)O)c1N. The van der Waals surface area contributed by atoms with Crippen molar-refractivity contribution in [3.8, 4) is 0 Å². The summed E-state index contributed by atoms with van der Waals surface area (Å²) in [7, 11) is 0. The summed E-state index contributed by atoms with van der Waals surface area (Å²) in [6.45, 7) is 7.52. The number of benzene rings is 1. The number of hydrogen-bond acceptors (Lipinski definition) is 4. The lowest BCUT2D eigenvalue weighted by Gasteiger charge is -2.21. The van der Waals surface area contributed by atoms with Crippen LogP contribution in [0.15, 0.2) is 12.1 Å². The summed E-state index contributed by atoms with van der Waals surface area (Å²) in [5.74, 6) is -1.01. The van der Waals surface area contributed by atoms with Gasteiger partial charge in [0.05, 0.1) is 11.3 Å². The molecule has 0 saturated carbocycles. The predicted octanol–water partition coefficient (Wildman–Crippen LogP) is 2.60. The zero-order valence-corrected chi connectivity index (χ0v) is 13.1. The lowest BCUT2D eigenvalue weighted by Crippen LogP contribution is -2.27. The van der Waals surface area contributed by atoms with Gasteiger partial charge < -0.3 is 21.5 Å². The minimum absolute atomic E-state index is 0.137. The summed E-state index contributed by atoms with van der Waals surface area (Å²) in [4.78, 5) is 13.5. The summed E-state index contributed by atoms with van der Waals surface area (Å²) in [5.41, 5.74) is 13.7. The quantitative estimate of drug-likeness (QED) is 0.609. The number of anilines is 2. The van der Waals surface area contributed by atoms with Gasteiger partial charge in [-0.25, -0.2) is 4.79 Å². The fourth-order valence-electron chi connectivity index (χ4n) is 2.59. The highest BCUT2D eigenvalue weighted by atomic mass is 16.4. The molecule has 0 saturated heterocycles. The van der Waals surface area contributed by atoms with E-state index in [-0.39, 0.29) is 5.56 Å². The van der Waals surface area contributed by atoms with E-state index in [0.29, 0.717) is 17.8 Å². The molecule has 1 aromatic carbocycles. The molecule has 1 rings (SSSR count). The molecule has 0 spiro atoms. The fraction of sp³-hybridized carbons (Fsp3) is 0.562. The minimum atomic E-state index is -1.01. The molecule has 0 aliphatic heterocycles. The number of rotatable bonds is 9. The van der Waals surface area contributed by atoms with Crippen LogP contribution in [-0.2, 0) is 6.42 Å². The van der Waals surface area contributed by atoms with Crippen molar-refractivity contribution >= 4 is 17.3 Å². The molecule has 0 fully saturated rings. The maximum atomic E-state index is 11.1. The Kier molecular flexibility index (Phi) is 7.02. The van der Waals surface area contributed by atoms with Crippen LogP contribution in [0, 0.1) is 0 Å². The molecular weight excluding hydrogens is 266 g/mol. The largest absolute Gasteiger partial charge is 0.478 e. The number of carboxylic acid groups (broad SMARTS) is 1. The lowest BCUT2D eigenvalue weighted by atomic mass is 10.0. The van der Waals surface area contributed by atoms with Gasteiger partial charge in [0.25, 0.3) is 0 Å². The Bertz CT molecular complexity index is 469. The van der Waals surface area contributed by atoms with Crippen molar-refractivity contribution < 1.29 is 9.90 Å². The molecule has 0 bridgehead atoms. The molecule has 1 aromatic rings. The molecule has 5 N–H and O–H groups in total. The zero-order valence-electron chi connectivity index (χ0n) is 13.1. The Morgan fingerprint density at radius 3 is 2.29 bits per heavy atom. The van der Waals surface area contributed by atoms with E-state index in [1.807, 2.05) is 0 Å². The Balaban J connectivity index is 2.70. The molecule has 0 unspecified atom stereocenters. The molecule has 0 heterocycles. The van der Waals surface area contributed by atoms with E-state index in [0.717, 1.165) is 44.5 Å². The van der Waals surface area contributed by atoms with Crippen molar-refractivity contribution in [2.45, 2.75) is 39.5 Å². The van der Waals surface area contributed by atoms with Crippen LogP contribution in [-0.4, -0.2) is 35.6 Å². The first-order chi connectivity index (χ1) is 10.0. The average molecular weight is 293 g/mol. The maximum absolute atomic E-state index is 11.1. The maximum Gasteiger partial charge on any atom is 0.337 e. The van der Waals surface area contributed by atoms with E-state index >= 15 is 0 Å². The second-order valence-electron chi connectivity index (χ2n) is 5.34. The summed E-state index contributed by atoms with van der Waals surface area (Å²) < 4.78 is 0. The van der Waals surface area contributed by atoms with Crippen molar-refractivity contribution in [2.75, 3.05) is 31.1 Å². The normalized spacial score (nSPS) is 11.0. The van der Waals surface area contributed by atoms with Crippen LogP contribution >= 0.6 is 0 Å². The van der Waals surface area contributed by atoms with Crippen LogP contribution in [0.2, 0.25) is 0 Å². The van der Waals surface area contributed by atoms with Gasteiger partial charge in [-0.15, -0.1) is 0 Å². The Hall–Kier alpha value is -1.75. The van der Waals surface area contributed by atoms with Gasteiger partial charge in [-0.3, -0.25) is 0 Å². The molecule has 0 amide bonds. The number of carbonyl (C=O) groups is 1. The molecule has 21 heavy (non-hydrogen) atoms. The smallest absolute Gasteiger partial charge is 0.337 e. The Morgan fingerprint density at radius 1 is 1.14 bits per heavy atom. The van der Waals surface area contributed by atoms with Gasteiger partial charge >= 0.3 is 5.97 Å². The third kappa shape index (κ3) is 4.93. The molecule has 0 aliphatic rings. The van der Waals surface area contributed by atoms with Crippen molar-refractivity contribution in [1.29, 1.82) is 0 Å². The minimum Gasteiger partial charge on any atom is -0.478 e. The number of hydrogen-bond donors (Lipinski definition) is 3. The number of carboxylic acids is 1. The average Bonchev–Trinajstić information content (AvgIpc) is 2.42. The first-order valence-electron chi connectivity index (χ1n) is 7.63. The molecule has 5 heteroatoms. The summed E-state index contributed by atoms with van der Waals surface area (Å²) in [5, 5.41) is 9.11. The van der Waals surface area contributed by atoms with Gasteiger partial charge in [-0.1, -0.05) is 13.8 Å². The highest BCUT2D eigenvalue weighted by molar-refractivity contribution is 5.95. The van der Waals surface area contributed by atoms with Gasteiger partial charge in [0, 0.05) is 5.69 Å². The Morgan fingerprint density at radius 2 is 1.76 bits per heavy atom. The van der Waals surface area contributed by atoms with E-state index in [2.05, 4.69) is 18.7 Å². The van der Waals surface area contributed by atoms with Crippen molar-refractivity contribution in [3.63, 3.8) is 0 Å². The van der Waals surface area contributed by atoms with Crippen molar-refractivity contribution in [1.82, 2.24) is 4.90 Å². The van der Waals surface area contributed by atoms with Crippen LogP contribution in [0.4, 0.5) is 11.4 Å². The van der Waals surface area contributed by atoms with Crippen LogP contribution in [0.3, 0.4) is 0 Å². The molecule has 5 nitrogen and oxygen atoms in total. The van der Waals surface area contributed by atoms with Gasteiger partial charge in [0.2, 0.25) is 0 Å². The third-order valence-corrected chi connectivity index (χ3v) is 3.60. The summed E-state index contributed by atoms with van der Waals surface area (Å²) in [6.07, 6.45) is 3.91. The van der Waals surface area contributed by atoms with E-state index < -0.39 is 5.97 Å². The molecule has 0 aromatic heterocycles. The van der Waals surface area contributed by atoms with E-state index in [1.165, 1.54) is 6.07 Å². The third-order valence-electron chi connectivity index (χ3n) is 3.60. The second kappa shape index (κ2) is 8.52. The van der Waals surface area contributed by atoms with Crippen LogP contribution in [0.1, 0.15) is 49.0 Å². The summed E-state index contributed by atoms with van der Waals surface area (Å²) in [6, 6.07) is 3.10. The van der Waals surface area contributed by atoms with Gasteiger partial charge in [0.1, 0.15) is 0 Å². The van der Waals surface area contributed by atoms with Crippen LogP contribution in [0.5, 0.6) is 0 Å². The molecule has 0 aliphatic carbocycles. The number of aromatic carboxylic acids is 1. The molecule has 0 radical (unpaired) electrons. The van der Waals surface area contributed by atoms with Crippen LogP contribution in [0.25, 0.3) is 0 Å². The first kappa shape index (κ1) is 17.3. The molecule has 118 valence electrons. The van der Waals surface area contributed by atoms with Crippen molar-refractivity contribution in [3.05, 3.63) is 23.3 Å². The van der Waals surface area contributed by atoms with E-state index in [4.69, 9.17) is 16.6 Å². The fourth-order valence-corrected chi connectivity index (χ4v) is 2.59. The number of nitrogens with zero attached hydrogens (tertiary/aromatic N) is 1. The van der Waals surface area contributed by atoms with Gasteiger partial charge in [-0.2, -0.15) is 0 Å². The molecule has 0 atom stereocenters. The zero-order chi connectivity index (χ0) is 15.8. The molecular formula is C16H27N3O2. The monoisotopic (exact) mass is 293 g/mol. The van der Waals surface area contributed by atoms with E-state index in [1.54, 1.807) is 6.07 Å². The Labute approximate surface area is 126 Å². The highest BCUT2D eigenvalue weighted by Gasteiger charge is 2.14. The van der Waals surface area contributed by atoms with Gasteiger partial charge in [0.15, 0.2) is 0 Å². The van der Waals surface area contributed by atoms with Crippen molar-refractivity contribution in [2.24, 2.45) is 0 Å². The number of nitrogen functional groups attached to an aromatic ring is 2. The van der Waals surface area contributed by atoms with Gasteiger partial charge in [-0.05, 0) is 63.0 Å². The predicted molar refractivity (Wildman–Crippen MR) is 87.6 cm³/mol. The number of nitrogens with two attached hydrogens (primary N) is 2. The van der Waals surface area contributed by atoms with E-state index in [9.17, 15) is 4.79 Å². The lowest BCUT2D eigenvalue weighted by molar-refractivity contribution is 0.0698. The topological polar surface area (TPSA) is 92.6 Å². The second-order valence-corrected chi connectivity index (χ2v) is 5.34. The summed E-state index contributed by atoms with van der Waals surface area (Å²) >= 11 is 0. The first-order valence-corrected chi connectivity index (χ1v) is 7.63. The standard InChI is InChI=1S/C16H27N3O2/c1-3-9-19(10-4-2)11-5-6-12-14(17)8-7-13(15(12)18)16(20)21/h7-8H,3-6,9-11,17-18H2,1-2H3,(H,20,21). The van der Waals surface area contributed by atoms with Crippen LogP contribution < -0.4 is 11.5 Å². The highest BCUT2D eigenvalue weighted by Crippen LogP contribution is 2.25.